The molecule has 31 heavy (non-hydrogen) atoms. The Morgan fingerprint density at radius 3 is 2.10 bits per heavy atom. The van der Waals surface area contributed by atoms with Crippen molar-refractivity contribution >= 4 is 11.4 Å². The molecule has 1 aromatic carbocycles. The van der Waals surface area contributed by atoms with Crippen molar-refractivity contribution in [3.05, 3.63) is 23.8 Å². The molecule has 6 heteroatoms. The van der Waals surface area contributed by atoms with Crippen LogP contribution in [0.15, 0.2) is 18.2 Å². The molecular weight excluding hydrogens is 388 g/mol. The predicted molar refractivity (Wildman–Crippen MR) is 130 cm³/mol. The Bertz CT molecular complexity index is 740. The van der Waals surface area contributed by atoms with Crippen LogP contribution < -0.4 is 9.80 Å². The fraction of sp³-hybridized carbons (Fsp3) is 0.760. The number of β-amino-alcohol motifs (C(OH)–C–C–N with tert-alkyl or cyclic N) is 2. The number of hydrogen-bond acceptors (Lipinski definition) is 6. The van der Waals surface area contributed by atoms with Gasteiger partial charge in [-0.3, -0.25) is 9.80 Å². The number of nitrogens with zero attached hydrogens (tertiary/aromatic N) is 4. The van der Waals surface area contributed by atoms with Gasteiger partial charge in [0.25, 0.3) is 0 Å². The second kappa shape index (κ2) is 9.26. The van der Waals surface area contributed by atoms with Gasteiger partial charge in [0.2, 0.25) is 0 Å². The summed E-state index contributed by atoms with van der Waals surface area (Å²) >= 11 is 0. The quantitative estimate of drug-likeness (QED) is 0.721. The van der Waals surface area contributed by atoms with Crippen molar-refractivity contribution in [2.24, 2.45) is 0 Å². The van der Waals surface area contributed by atoms with Gasteiger partial charge in [-0.15, -0.1) is 0 Å². The van der Waals surface area contributed by atoms with E-state index in [0.717, 1.165) is 52.4 Å². The molecule has 176 valence electrons. The zero-order chi connectivity index (χ0) is 23.0. The summed E-state index contributed by atoms with van der Waals surface area (Å²) in [5.41, 5.74) is 2.65. The Morgan fingerprint density at radius 2 is 1.55 bits per heavy atom. The van der Waals surface area contributed by atoms with Crippen LogP contribution in [0.2, 0.25) is 0 Å². The minimum atomic E-state index is -0.651. The van der Waals surface area contributed by atoms with Crippen molar-refractivity contribution in [3.63, 3.8) is 0 Å². The summed E-state index contributed by atoms with van der Waals surface area (Å²) in [4.78, 5) is 9.77. The minimum Gasteiger partial charge on any atom is -0.389 e. The van der Waals surface area contributed by atoms with Crippen molar-refractivity contribution in [2.75, 3.05) is 62.2 Å². The summed E-state index contributed by atoms with van der Waals surface area (Å²) in [6, 6.07) is 7.75. The van der Waals surface area contributed by atoms with E-state index in [9.17, 15) is 10.2 Å². The van der Waals surface area contributed by atoms with Gasteiger partial charge in [-0.1, -0.05) is 0 Å². The topological polar surface area (TPSA) is 53.4 Å². The van der Waals surface area contributed by atoms with E-state index in [1.165, 1.54) is 16.9 Å². The lowest BCUT2D eigenvalue weighted by molar-refractivity contribution is 0.0201. The van der Waals surface area contributed by atoms with Crippen molar-refractivity contribution in [3.8, 4) is 0 Å². The van der Waals surface area contributed by atoms with E-state index >= 15 is 0 Å². The molecule has 0 aromatic heterocycles. The highest BCUT2D eigenvalue weighted by Gasteiger charge is 2.30. The highest BCUT2D eigenvalue weighted by molar-refractivity contribution is 5.62. The fourth-order valence-corrected chi connectivity index (χ4v) is 5.23. The van der Waals surface area contributed by atoms with Crippen LogP contribution in [0.5, 0.6) is 0 Å². The van der Waals surface area contributed by atoms with E-state index < -0.39 is 11.2 Å². The zero-order valence-electron chi connectivity index (χ0n) is 20.7. The summed E-state index contributed by atoms with van der Waals surface area (Å²) in [5.74, 6) is 0. The SMILES string of the molecule is Cc1cc(N2CCN(CC(C)(C)O)C[C@@H]2C)ccc1N1CCN(CC(C)(C)O)[C@H](C)C1. The fourth-order valence-electron chi connectivity index (χ4n) is 5.23. The zero-order valence-corrected chi connectivity index (χ0v) is 20.7. The molecule has 6 nitrogen and oxygen atoms in total. The second-order valence-corrected chi connectivity index (χ2v) is 11.1. The Hall–Kier alpha value is -1.34. The van der Waals surface area contributed by atoms with Gasteiger partial charge in [0.1, 0.15) is 0 Å². The number of hydrogen-bond donors (Lipinski definition) is 2. The second-order valence-electron chi connectivity index (χ2n) is 11.1. The molecule has 2 saturated heterocycles. The molecule has 0 unspecified atom stereocenters. The van der Waals surface area contributed by atoms with E-state index in [4.69, 9.17) is 0 Å². The summed E-state index contributed by atoms with van der Waals surface area (Å²) < 4.78 is 0. The highest BCUT2D eigenvalue weighted by Crippen LogP contribution is 2.30. The van der Waals surface area contributed by atoms with Crippen molar-refractivity contribution in [2.45, 2.75) is 71.8 Å². The largest absolute Gasteiger partial charge is 0.389 e. The summed E-state index contributed by atoms with van der Waals surface area (Å²) in [6.45, 7) is 21.7. The number of anilines is 2. The van der Waals surface area contributed by atoms with Crippen molar-refractivity contribution < 1.29 is 10.2 Å². The van der Waals surface area contributed by atoms with Crippen LogP contribution in [0.4, 0.5) is 11.4 Å². The third kappa shape index (κ3) is 6.58. The minimum absolute atomic E-state index is 0.420. The first-order valence-electron chi connectivity index (χ1n) is 11.9. The molecule has 0 saturated carbocycles. The summed E-state index contributed by atoms with van der Waals surface area (Å²) in [5, 5.41) is 20.3. The third-order valence-electron chi connectivity index (χ3n) is 6.53. The van der Waals surface area contributed by atoms with Crippen LogP contribution in [-0.2, 0) is 0 Å². The van der Waals surface area contributed by atoms with Gasteiger partial charge >= 0.3 is 0 Å². The molecule has 3 rings (SSSR count). The van der Waals surface area contributed by atoms with Crippen molar-refractivity contribution in [1.29, 1.82) is 0 Å². The van der Waals surface area contributed by atoms with Crippen LogP contribution in [0.1, 0.15) is 47.1 Å². The molecule has 2 atom stereocenters. The van der Waals surface area contributed by atoms with Crippen LogP contribution in [-0.4, -0.2) is 95.7 Å². The maximum atomic E-state index is 10.2. The Kier molecular flexibility index (Phi) is 7.26. The number of aliphatic hydroxyl groups is 2. The number of aryl methyl sites for hydroxylation is 1. The highest BCUT2D eigenvalue weighted by atomic mass is 16.3. The molecule has 2 N–H and O–H groups in total. The Labute approximate surface area is 189 Å². The Balaban J connectivity index is 1.63. The molecule has 2 aliphatic rings. The lowest BCUT2D eigenvalue weighted by atomic mass is 10.0. The van der Waals surface area contributed by atoms with Crippen LogP contribution in [0.3, 0.4) is 0 Å². The Morgan fingerprint density at radius 1 is 0.871 bits per heavy atom. The summed E-state index contributed by atoms with van der Waals surface area (Å²) in [6.07, 6.45) is 0. The molecule has 2 aliphatic heterocycles. The maximum absolute atomic E-state index is 10.2. The van der Waals surface area contributed by atoms with E-state index in [1.54, 1.807) is 0 Å². The standard InChI is InChI=1S/C25H44N4O2/c1-19-14-22(29-13-10-26(15-21(29)3)17-24(4,5)30)8-9-23(19)27-11-12-28(20(2)16-27)18-25(6,7)31/h8-9,14,20-21,30-31H,10-13,15-18H2,1-7H3/t20-,21+/m1/s1. The van der Waals surface area contributed by atoms with Gasteiger partial charge < -0.3 is 20.0 Å². The first-order valence-corrected chi connectivity index (χ1v) is 11.9. The number of piperazine rings is 2. The molecule has 1 aromatic rings. The predicted octanol–water partition coefficient (Wildman–Crippen LogP) is 2.56. The first-order chi connectivity index (χ1) is 14.3. The molecule has 0 bridgehead atoms. The van der Waals surface area contributed by atoms with Gasteiger partial charge in [0.05, 0.1) is 11.2 Å². The smallest absolute Gasteiger partial charge is 0.0718 e. The van der Waals surface area contributed by atoms with Gasteiger partial charge in [0.15, 0.2) is 0 Å². The van der Waals surface area contributed by atoms with Gasteiger partial charge in [-0.2, -0.15) is 0 Å². The van der Waals surface area contributed by atoms with Crippen LogP contribution in [0.25, 0.3) is 0 Å². The molecule has 0 spiro atoms. The number of rotatable bonds is 6. The average Bonchev–Trinajstić information content (AvgIpc) is 2.61. The monoisotopic (exact) mass is 432 g/mol. The molecular formula is C25H44N4O2. The van der Waals surface area contributed by atoms with E-state index in [-0.39, 0.29) is 0 Å². The first kappa shape index (κ1) is 24.3. The molecule has 2 heterocycles. The average molecular weight is 433 g/mol. The lowest BCUT2D eigenvalue weighted by Gasteiger charge is -2.44. The molecule has 0 radical (unpaired) electrons. The van der Waals surface area contributed by atoms with Gasteiger partial charge in [0, 0.05) is 75.8 Å². The molecule has 0 aliphatic carbocycles. The van der Waals surface area contributed by atoms with Gasteiger partial charge in [-0.25, -0.2) is 0 Å². The molecule has 2 fully saturated rings. The van der Waals surface area contributed by atoms with Crippen LogP contribution in [0, 0.1) is 6.92 Å². The van der Waals surface area contributed by atoms with Gasteiger partial charge in [-0.05, 0) is 72.2 Å². The summed E-state index contributed by atoms with van der Waals surface area (Å²) in [7, 11) is 0. The van der Waals surface area contributed by atoms with Crippen LogP contribution >= 0.6 is 0 Å². The van der Waals surface area contributed by atoms with E-state index in [1.807, 2.05) is 27.7 Å². The third-order valence-corrected chi connectivity index (χ3v) is 6.53. The van der Waals surface area contributed by atoms with E-state index in [2.05, 4.69) is 58.6 Å². The van der Waals surface area contributed by atoms with E-state index in [0.29, 0.717) is 12.1 Å². The normalized spacial score (nSPS) is 24.7. The molecule has 0 amide bonds. The number of benzene rings is 1. The maximum Gasteiger partial charge on any atom is 0.0718 e. The van der Waals surface area contributed by atoms with Crippen molar-refractivity contribution in [1.82, 2.24) is 9.80 Å². The lowest BCUT2D eigenvalue weighted by Crippen LogP contribution is -2.55.